The van der Waals surface area contributed by atoms with Crippen LogP contribution in [0.4, 0.5) is 4.39 Å². The maximum absolute atomic E-state index is 13.6. The number of hydrogen-bond acceptors (Lipinski definition) is 3. The summed E-state index contributed by atoms with van der Waals surface area (Å²) >= 11 is 3.17. The van der Waals surface area contributed by atoms with E-state index < -0.39 is 5.82 Å². The molecule has 0 aromatic heterocycles. The highest BCUT2D eigenvalue weighted by atomic mass is 79.9. The zero-order chi connectivity index (χ0) is 13.5. The first-order chi connectivity index (χ1) is 8.56. The number of hydrogen-bond donors (Lipinski definition) is 0. The molecule has 0 saturated carbocycles. The van der Waals surface area contributed by atoms with E-state index in [0.717, 1.165) is 0 Å². The third-order valence-electron chi connectivity index (χ3n) is 1.91. The summed E-state index contributed by atoms with van der Waals surface area (Å²) in [5.41, 5.74) is 0.588. The number of rotatable bonds is 5. The molecule has 0 bridgehead atoms. The maximum atomic E-state index is 13.6. The number of ether oxygens (including phenoxy) is 1. The smallest absolute Gasteiger partial charge is 0.166 e. The van der Waals surface area contributed by atoms with Crippen LogP contribution in [-0.2, 0) is 4.84 Å². The summed E-state index contributed by atoms with van der Waals surface area (Å²) in [6, 6.07) is 4.54. The maximum Gasteiger partial charge on any atom is 0.166 e. The molecule has 0 amide bonds. The summed E-state index contributed by atoms with van der Waals surface area (Å²) in [6.45, 7) is 5.33. The standard InChI is InChI=1S/C13H13BrFNO2/c1-4-11(7-9(2)16-17-3)18-13-6-5-10(14)8-12(13)15/h4-8H,1H2,2-3H3/b11-7+,16-9+. The molecule has 0 atom stereocenters. The van der Waals surface area contributed by atoms with Crippen LogP contribution in [0.2, 0.25) is 0 Å². The van der Waals surface area contributed by atoms with Crippen LogP contribution >= 0.6 is 15.9 Å². The van der Waals surface area contributed by atoms with Crippen molar-refractivity contribution in [3.63, 3.8) is 0 Å². The van der Waals surface area contributed by atoms with Gasteiger partial charge in [-0.2, -0.15) is 0 Å². The summed E-state index contributed by atoms with van der Waals surface area (Å²) < 4.78 is 19.6. The van der Waals surface area contributed by atoms with Crippen LogP contribution in [0.25, 0.3) is 0 Å². The van der Waals surface area contributed by atoms with Gasteiger partial charge in [0.25, 0.3) is 0 Å². The van der Waals surface area contributed by atoms with Crippen molar-refractivity contribution in [3.05, 3.63) is 53.0 Å². The van der Waals surface area contributed by atoms with Crippen molar-refractivity contribution in [2.75, 3.05) is 7.11 Å². The topological polar surface area (TPSA) is 30.8 Å². The van der Waals surface area contributed by atoms with Gasteiger partial charge in [-0.15, -0.1) is 0 Å². The van der Waals surface area contributed by atoms with Crippen LogP contribution in [0.5, 0.6) is 5.75 Å². The summed E-state index contributed by atoms with van der Waals surface area (Å²) in [7, 11) is 1.44. The minimum atomic E-state index is -0.460. The quantitative estimate of drug-likeness (QED) is 0.355. The zero-order valence-corrected chi connectivity index (χ0v) is 11.7. The second-order valence-corrected chi connectivity index (χ2v) is 4.26. The minimum Gasteiger partial charge on any atom is -0.454 e. The number of nitrogens with zero attached hydrogens (tertiary/aromatic N) is 1. The molecule has 96 valence electrons. The van der Waals surface area contributed by atoms with Gasteiger partial charge in [0, 0.05) is 10.5 Å². The van der Waals surface area contributed by atoms with Gasteiger partial charge in [-0.25, -0.2) is 4.39 Å². The molecule has 0 radical (unpaired) electrons. The zero-order valence-electron chi connectivity index (χ0n) is 10.1. The predicted molar refractivity (Wildman–Crippen MR) is 73.1 cm³/mol. The summed E-state index contributed by atoms with van der Waals surface area (Å²) in [4.78, 5) is 4.61. The van der Waals surface area contributed by atoms with E-state index in [1.165, 1.54) is 25.3 Å². The number of oxime groups is 1. The van der Waals surface area contributed by atoms with E-state index in [1.807, 2.05) is 0 Å². The average molecular weight is 314 g/mol. The van der Waals surface area contributed by atoms with Crippen LogP contribution in [0.3, 0.4) is 0 Å². The first-order valence-electron chi connectivity index (χ1n) is 5.11. The molecule has 0 spiro atoms. The molecule has 1 aromatic rings. The van der Waals surface area contributed by atoms with E-state index in [-0.39, 0.29) is 5.75 Å². The molecular weight excluding hydrogens is 301 g/mol. The fraction of sp³-hybridized carbons (Fsp3) is 0.154. The normalized spacial score (nSPS) is 12.2. The molecule has 18 heavy (non-hydrogen) atoms. The van der Waals surface area contributed by atoms with Crippen LogP contribution in [-0.4, -0.2) is 12.8 Å². The van der Waals surface area contributed by atoms with Crippen LogP contribution < -0.4 is 4.74 Å². The Labute approximate surface area is 114 Å². The second-order valence-electron chi connectivity index (χ2n) is 3.34. The Morgan fingerprint density at radius 3 is 2.78 bits per heavy atom. The Balaban J connectivity index is 2.93. The Bertz CT molecular complexity index is 498. The van der Waals surface area contributed by atoms with Crippen molar-refractivity contribution in [2.24, 2.45) is 5.16 Å². The van der Waals surface area contributed by atoms with Crippen LogP contribution in [0.1, 0.15) is 6.92 Å². The van der Waals surface area contributed by atoms with Gasteiger partial charge in [-0.05, 0) is 31.2 Å². The van der Waals surface area contributed by atoms with Gasteiger partial charge < -0.3 is 9.57 Å². The molecule has 5 heteroatoms. The molecule has 3 nitrogen and oxygen atoms in total. The Hall–Kier alpha value is -1.62. The molecule has 0 N–H and O–H groups in total. The van der Waals surface area contributed by atoms with Crippen molar-refractivity contribution in [1.29, 1.82) is 0 Å². The minimum absolute atomic E-state index is 0.120. The molecule has 0 heterocycles. The fourth-order valence-electron chi connectivity index (χ4n) is 1.19. The Morgan fingerprint density at radius 2 is 2.22 bits per heavy atom. The lowest BCUT2D eigenvalue weighted by molar-refractivity contribution is 0.213. The van der Waals surface area contributed by atoms with Crippen molar-refractivity contribution in [1.82, 2.24) is 0 Å². The number of benzene rings is 1. The third kappa shape index (κ3) is 4.33. The number of halogens is 2. The van der Waals surface area contributed by atoms with Crippen molar-refractivity contribution >= 4 is 21.6 Å². The van der Waals surface area contributed by atoms with Gasteiger partial charge in [0.1, 0.15) is 12.9 Å². The highest BCUT2D eigenvalue weighted by molar-refractivity contribution is 9.10. The van der Waals surface area contributed by atoms with Crippen LogP contribution in [0.15, 0.2) is 52.3 Å². The number of allylic oxidation sites excluding steroid dienone is 2. The van der Waals surface area contributed by atoms with E-state index in [9.17, 15) is 4.39 Å². The molecule has 0 aliphatic rings. The molecular formula is C13H13BrFNO2. The predicted octanol–water partition coefficient (Wildman–Crippen LogP) is 4.06. The lowest BCUT2D eigenvalue weighted by atomic mass is 10.3. The first kappa shape index (κ1) is 14.4. The lowest BCUT2D eigenvalue weighted by Crippen LogP contribution is -1.98. The molecule has 0 unspecified atom stereocenters. The van der Waals surface area contributed by atoms with Crippen molar-refractivity contribution in [3.8, 4) is 5.75 Å². The summed E-state index contributed by atoms with van der Waals surface area (Å²) in [5, 5.41) is 3.70. The van der Waals surface area contributed by atoms with E-state index in [2.05, 4.69) is 32.5 Å². The van der Waals surface area contributed by atoms with Gasteiger partial charge in [0.2, 0.25) is 0 Å². The van der Waals surface area contributed by atoms with Crippen molar-refractivity contribution in [2.45, 2.75) is 6.92 Å². The monoisotopic (exact) mass is 313 g/mol. The summed E-state index contributed by atoms with van der Waals surface area (Å²) in [5.74, 6) is 0.0440. The van der Waals surface area contributed by atoms with E-state index >= 15 is 0 Å². The molecule has 1 rings (SSSR count). The average Bonchev–Trinajstić information content (AvgIpc) is 2.31. The van der Waals surface area contributed by atoms with Gasteiger partial charge in [-0.3, -0.25) is 0 Å². The Kier molecular flexibility index (Phi) is 5.58. The molecule has 0 aliphatic carbocycles. The fourth-order valence-corrected chi connectivity index (χ4v) is 1.52. The molecule has 0 fully saturated rings. The molecule has 1 aromatic carbocycles. The van der Waals surface area contributed by atoms with Gasteiger partial charge >= 0.3 is 0 Å². The van der Waals surface area contributed by atoms with E-state index in [1.54, 1.807) is 19.1 Å². The lowest BCUT2D eigenvalue weighted by Gasteiger charge is -2.07. The van der Waals surface area contributed by atoms with Crippen LogP contribution in [0, 0.1) is 5.82 Å². The SMILES string of the molecule is C=C/C(=C\C(C)=N\OC)Oc1ccc(Br)cc1F. The molecule has 0 saturated heterocycles. The van der Waals surface area contributed by atoms with E-state index in [4.69, 9.17) is 4.74 Å². The van der Waals surface area contributed by atoms with Gasteiger partial charge in [0.15, 0.2) is 11.6 Å². The highest BCUT2D eigenvalue weighted by Gasteiger charge is 2.05. The highest BCUT2D eigenvalue weighted by Crippen LogP contribution is 2.23. The van der Waals surface area contributed by atoms with Crippen molar-refractivity contribution < 1.29 is 14.0 Å². The Morgan fingerprint density at radius 1 is 1.50 bits per heavy atom. The van der Waals surface area contributed by atoms with Gasteiger partial charge in [-0.1, -0.05) is 27.7 Å². The molecule has 0 aliphatic heterocycles. The van der Waals surface area contributed by atoms with E-state index in [0.29, 0.717) is 15.9 Å². The third-order valence-corrected chi connectivity index (χ3v) is 2.40. The first-order valence-corrected chi connectivity index (χ1v) is 5.91. The second kappa shape index (κ2) is 6.96. The largest absolute Gasteiger partial charge is 0.454 e. The van der Waals surface area contributed by atoms with Gasteiger partial charge in [0.05, 0.1) is 5.71 Å². The summed E-state index contributed by atoms with van der Waals surface area (Å²) in [6.07, 6.45) is 3.06.